The van der Waals surface area contributed by atoms with Crippen molar-refractivity contribution in [2.75, 3.05) is 13.1 Å². The molecule has 31 heavy (non-hydrogen) atoms. The number of carbonyl (C=O) groups excluding carboxylic acids is 1. The maximum absolute atomic E-state index is 12.4. The van der Waals surface area contributed by atoms with Gasteiger partial charge in [-0.15, -0.1) is 11.3 Å². The SMILES string of the molecule is Cc1ccc(-c2nc(CC(=O)NCc3ccc(CN4CCC(O)CC4)cc3)cs2)cc1. The van der Waals surface area contributed by atoms with Crippen molar-refractivity contribution >= 4 is 17.2 Å². The second-order valence-electron chi connectivity index (χ2n) is 8.29. The van der Waals surface area contributed by atoms with Gasteiger partial charge in [0, 0.05) is 37.1 Å². The summed E-state index contributed by atoms with van der Waals surface area (Å²) in [4.78, 5) is 19.4. The Labute approximate surface area is 187 Å². The molecule has 2 heterocycles. The summed E-state index contributed by atoms with van der Waals surface area (Å²) >= 11 is 1.57. The third kappa shape index (κ3) is 6.23. The van der Waals surface area contributed by atoms with Gasteiger partial charge in [-0.05, 0) is 30.9 Å². The van der Waals surface area contributed by atoms with E-state index in [-0.39, 0.29) is 12.0 Å². The van der Waals surface area contributed by atoms with Crippen LogP contribution in [0.1, 0.15) is 35.2 Å². The number of carbonyl (C=O) groups is 1. The van der Waals surface area contributed by atoms with Crippen LogP contribution in [0.2, 0.25) is 0 Å². The Balaban J connectivity index is 1.24. The van der Waals surface area contributed by atoms with E-state index >= 15 is 0 Å². The lowest BCUT2D eigenvalue weighted by molar-refractivity contribution is -0.120. The highest BCUT2D eigenvalue weighted by atomic mass is 32.1. The van der Waals surface area contributed by atoms with Crippen molar-refractivity contribution in [3.8, 4) is 10.6 Å². The number of aliphatic hydroxyl groups is 1. The molecule has 3 aromatic rings. The van der Waals surface area contributed by atoms with E-state index in [1.54, 1.807) is 11.3 Å². The van der Waals surface area contributed by atoms with E-state index in [1.165, 1.54) is 11.1 Å². The molecule has 5 nitrogen and oxygen atoms in total. The lowest BCUT2D eigenvalue weighted by Gasteiger charge is -2.29. The zero-order valence-corrected chi connectivity index (χ0v) is 18.7. The third-order valence-electron chi connectivity index (χ3n) is 5.67. The molecule has 2 aromatic carbocycles. The zero-order valence-electron chi connectivity index (χ0n) is 17.9. The minimum absolute atomic E-state index is 0.0169. The summed E-state index contributed by atoms with van der Waals surface area (Å²) in [6.07, 6.45) is 1.87. The molecule has 0 atom stereocenters. The van der Waals surface area contributed by atoms with Crippen LogP contribution < -0.4 is 5.32 Å². The first kappa shape index (κ1) is 21.7. The van der Waals surface area contributed by atoms with Crippen molar-refractivity contribution in [2.24, 2.45) is 0 Å². The molecule has 1 fully saturated rings. The van der Waals surface area contributed by atoms with Crippen LogP contribution in [0.5, 0.6) is 0 Å². The summed E-state index contributed by atoms with van der Waals surface area (Å²) in [5.74, 6) is -0.0169. The maximum Gasteiger partial charge on any atom is 0.226 e. The molecule has 6 heteroatoms. The van der Waals surface area contributed by atoms with Gasteiger partial charge in [-0.2, -0.15) is 0 Å². The average molecular weight is 436 g/mol. The molecule has 2 N–H and O–H groups in total. The summed E-state index contributed by atoms with van der Waals surface area (Å²) in [5.41, 5.74) is 5.46. The fraction of sp³-hybridized carbons (Fsp3) is 0.360. The van der Waals surface area contributed by atoms with Crippen LogP contribution in [0.25, 0.3) is 10.6 Å². The second-order valence-corrected chi connectivity index (χ2v) is 9.15. The van der Waals surface area contributed by atoms with Crippen LogP contribution in [-0.4, -0.2) is 40.1 Å². The molecule has 0 bridgehead atoms. The number of nitrogens with one attached hydrogen (secondary N) is 1. The monoisotopic (exact) mass is 435 g/mol. The van der Waals surface area contributed by atoms with Crippen molar-refractivity contribution < 1.29 is 9.90 Å². The lowest BCUT2D eigenvalue weighted by Crippen LogP contribution is -2.35. The molecule has 0 aliphatic carbocycles. The molecule has 1 amide bonds. The number of thiazole rings is 1. The first-order valence-electron chi connectivity index (χ1n) is 10.8. The fourth-order valence-corrected chi connectivity index (χ4v) is 4.57. The van der Waals surface area contributed by atoms with E-state index in [4.69, 9.17) is 0 Å². The second kappa shape index (κ2) is 10.2. The predicted molar refractivity (Wildman–Crippen MR) is 125 cm³/mol. The van der Waals surface area contributed by atoms with E-state index in [0.29, 0.717) is 13.0 Å². The molecule has 0 radical (unpaired) electrons. The third-order valence-corrected chi connectivity index (χ3v) is 6.61. The van der Waals surface area contributed by atoms with Crippen LogP contribution >= 0.6 is 11.3 Å². The molecule has 1 aromatic heterocycles. The molecule has 1 aliphatic rings. The summed E-state index contributed by atoms with van der Waals surface area (Å²) in [6.45, 7) is 5.38. The molecule has 0 spiro atoms. The minimum atomic E-state index is -0.138. The van der Waals surface area contributed by atoms with Crippen LogP contribution in [0, 0.1) is 6.92 Å². The van der Waals surface area contributed by atoms with E-state index in [2.05, 4.69) is 70.7 Å². The Morgan fingerprint density at radius 2 is 1.77 bits per heavy atom. The van der Waals surface area contributed by atoms with Crippen molar-refractivity contribution in [2.45, 2.75) is 45.4 Å². The van der Waals surface area contributed by atoms with E-state index in [0.717, 1.165) is 54.3 Å². The van der Waals surface area contributed by atoms with Crippen molar-refractivity contribution in [3.63, 3.8) is 0 Å². The predicted octanol–water partition coefficient (Wildman–Crippen LogP) is 3.93. The first-order valence-corrected chi connectivity index (χ1v) is 11.7. The topological polar surface area (TPSA) is 65.5 Å². The molecular weight excluding hydrogens is 406 g/mol. The van der Waals surface area contributed by atoms with Gasteiger partial charge in [0.2, 0.25) is 5.91 Å². The molecular formula is C25H29N3O2S. The summed E-state index contributed by atoms with van der Waals surface area (Å²) in [6, 6.07) is 16.7. The Hall–Kier alpha value is -2.54. The van der Waals surface area contributed by atoms with E-state index in [1.807, 2.05) is 5.38 Å². The number of amides is 1. The molecule has 1 aliphatic heterocycles. The van der Waals surface area contributed by atoms with Gasteiger partial charge in [-0.25, -0.2) is 4.98 Å². The number of aryl methyl sites for hydroxylation is 1. The number of hydrogen-bond acceptors (Lipinski definition) is 5. The van der Waals surface area contributed by atoms with Gasteiger partial charge in [-0.1, -0.05) is 54.1 Å². The maximum atomic E-state index is 12.4. The highest BCUT2D eigenvalue weighted by molar-refractivity contribution is 7.13. The summed E-state index contributed by atoms with van der Waals surface area (Å²) in [5, 5.41) is 15.5. The van der Waals surface area contributed by atoms with Crippen molar-refractivity contribution in [3.05, 3.63) is 76.3 Å². The average Bonchev–Trinajstić information content (AvgIpc) is 3.24. The highest BCUT2D eigenvalue weighted by Gasteiger charge is 2.16. The van der Waals surface area contributed by atoms with Crippen LogP contribution in [0.4, 0.5) is 0 Å². The standard InChI is InChI=1S/C25H29N3O2S/c1-18-2-8-21(9-3-18)25-27-22(17-31-25)14-24(30)26-15-19-4-6-20(7-5-19)16-28-12-10-23(29)11-13-28/h2-9,17,23,29H,10-16H2,1H3,(H,26,30). The van der Waals surface area contributed by atoms with Gasteiger partial charge in [-0.3, -0.25) is 9.69 Å². The molecule has 0 unspecified atom stereocenters. The molecule has 1 saturated heterocycles. The van der Waals surface area contributed by atoms with Crippen LogP contribution in [0.3, 0.4) is 0 Å². The smallest absolute Gasteiger partial charge is 0.226 e. The minimum Gasteiger partial charge on any atom is -0.393 e. The fourth-order valence-electron chi connectivity index (χ4n) is 3.74. The van der Waals surface area contributed by atoms with Gasteiger partial charge < -0.3 is 10.4 Å². The van der Waals surface area contributed by atoms with Gasteiger partial charge in [0.15, 0.2) is 0 Å². The van der Waals surface area contributed by atoms with Gasteiger partial charge in [0.05, 0.1) is 18.2 Å². The Morgan fingerprint density at radius 3 is 2.48 bits per heavy atom. The quantitative estimate of drug-likeness (QED) is 0.590. The number of rotatable bonds is 7. The van der Waals surface area contributed by atoms with E-state index < -0.39 is 0 Å². The normalized spacial score (nSPS) is 15.2. The number of aromatic nitrogens is 1. The van der Waals surface area contributed by atoms with Crippen LogP contribution in [0.15, 0.2) is 53.9 Å². The number of likely N-dealkylation sites (tertiary alicyclic amines) is 1. The molecule has 4 rings (SSSR count). The lowest BCUT2D eigenvalue weighted by atomic mass is 10.1. The number of piperidine rings is 1. The first-order chi connectivity index (χ1) is 15.0. The Morgan fingerprint density at radius 1 is 1.10 bits per heavy atom. The Bertz CT molecular complexity index is 990. The van der Waals surface area contributed by atoms with Crippen LogP contribution in [-0.2, 0) is 24.3 Å². The number of aliphatic hydroxyl groups excluding tert-OH is 1. The summed E-state index contributed by atoms with van der Waals surface area (Å²) in [7, 11) is 0. The molecule has 0 saturated carbocycles. The number of hydrogen-bond donors (Lipinski definition) is 2. The number of benzene rings is 2. The largest absolute Gasteiger partial charge is 0.393 e. The van der Waals surface area contributed by atoms with E-state index in [9.17, 15) is 9.90 Å². The van der Waals surface area contributed by atoms with Crippen molar-refractivity contribution in [1.29, 1.82) is 0 Å². The zero-order chi connectivity index (χ0) is 21.6. The Kier molecular flexibility index (Phi) is 7.12. The van der Waals surface area contributed by atoms with Gasteiger partial charge in [0.25, 0.3) is 0 Å². The van der Waals surface area contributed by atoms with Gasteiger partial charge in [0.1, 0.15) is 5.01 Å². The summed E-state index contributed by atoms with van der Waals surface area (Å²) < 4.78 is 0. The highest BCUT2D eigenvalue weighted by Crippen LogP contribution is 2.24. The number of nitrogens with zero attached hydrogens (tertiary/aromatic N) is 2. The van der Waals surface area contributed by atoms with Crippen molar-refractivity contribution in [1.82, 2.24) is 15.2 Å². The van der Waals surface area contributed by atoms with Gasteiger partial charge >= 0.3 is 0 Å². The molecule has 162 valence electrons.